The van der Waals surface area contributed by atoms with Crippen molar-refractivity contribution < 1.29 is 63.5 Å². The van der Waals surface area contributed by atoms with E-state index in [2.05, 4.69) is 16.6 Å². The number of carbonyl (C=O) groups is 2. The molecule has 0 bridgehead atoms. The number of ether oxygens (including phenoxy) is 6. The van der Waals surface area contributed by atoms with Crippen LogP contribution in [0.2, 0.25) is 0 Å². The van der Waals surface area contributed by atoms with Crippen LogP contribution in [-0.2, 0) is 35.0 Å². The van der Waals surface area contributed by atoms with Crippen LogP contribution >= 0.6 is 0 Å². The molecule has 4 rings (SSSR count). The maximum Gasteiger partial charge on any atom is 0.336 e. The van der Waals surface area contributed by atoms with Crippen molar-refractivity contribution in [3.8, 4) is 11.5 Å². The Bertz CT molecular complexity index is 1270. The fraction of sp³-hybridized carbons (Fsp3) is 0.657. The van der Waals surface area contributed by atoms with Crippen molar-refractivity contribution in [3.05, 3.63) is 47.2 Å². The van der Waals surface area contributed by atoms with Gasteiger partial charge in [0.1, 0.15) is 18.0 Å². The SMILES string of the molecule is C/C=C(/OC)C(OC(=O)C(O)C/C=C/COC1CC(CO)C(O)C(O)C1O)C1CN(CCC)CCc2cc3c(cc21)OCO3.COC(C)=O. The van der Waals surface area contributed by atoms with Crippen LogP contribution in [-0.4, -0.2) is 133 Å². The molecule has 14 nitrogen and oxygen atoms in total. The quantitative estimate of drug-likeness (QED) is 0.112. The molecule has 1 fully saturated rings. The molecule has 8 unspecified atom stereocenters. The van der Waals surface area contributed by atoms with Crippen molar-refractivity contribution in [1.29, 1.82) is 0 Å². The van der Waals surface area contributed by atoms with Gasteiger partial charge in [0.25, 0.3) is 0 Å². The lowest BCUT2D eigenvalue weighted by atomic mass is 9.81. The fourth-order valence-corrected chi connectivity index (χ4v) is 6.22. The minimum atomic E-state index is -1.45. The monoisotopic (exact) mass is 695 g/mol. The zero-order chi connectivity index (χ0) is 36.1. The first-order valence-corrected chi connectivity index (χ1v) is 16.7. The largest absolute Gasteiger partial charge is 0.497 e. The Labute approximate surface area is 287 Å². The highest BCUT2D eigenvalue weighted by atomic mass is 16.7. The van der Waals surface area contributed by atoms with E-state index < -0.39 is 48.5 Å². The van der Waals surface area contributed by atoms with Gasteiger partial charge in [0, 0.05) is 44.9 Å². The summed E-state index contributed by atoms with van der Waals surface area (Å²) in [4.78, 5) is 25.2. The van der Waals surface area contributed by atoms with Crippen molar-refractivity contribution >= 4 is 11.9 Å². The number of carbonyl (C=O) groups excluding carboxylic acids is 2. The number of benzene rings is 1. The zero-order valence-corrected chi connectivity index (χ0v) is 29.0. The predicted molar refractivity (Wildman–Crippen MR) is 177 cm³/mol. The van der Waals surface area contributed by atoms with Gasteiger partial charge in [-0.05, 0) is 62.1 Å². The van der Waals surface area contributed by atoms with E-state index in [0.717, 1.165) is 37.1 Å². The van der Waals surface area contributed by atoms with E-state index in [4.69, 9.17) is 23.7 Å². The van der Waals surface area contributed by atoms with E-state index in [0.29, 0.717) is 23.8 Å². The Morgan fingerprint density at radius 2 is 1.76 bits per heavy atom. The molecule has 3 aliphatic rings. The molecule has 2 aliphatic heterocycles. The minimum Gasteiger partial charge on any atom is -0.497 e. The van der Waals surface area contributed by atoms with Gasteiger partial charge < -0.3 is 58.9 Å². The second-order valence-corrected chi connectivity index (χ2v) is 12.3. The first kappa shape index (κ1) is 40.2. The number of fused-ring (bicyclic) bond motifs is 2. The molecule has 1 aliphatic carbocycles. The number of rotatable bonds is 13. The molecule has 2 heterocycles. The van der Waals surface area contributed by atoms with Crippen LogP contribution in [0.15, 0.2) is 36.1 Å². The summed E-state index contributed by atoms with van der Waals surface area (Å²) in [6, 6.07) is 3.97. The Hall–Kier alpha value is -3.24. The summed E-state index contributed by atoms with van der Waals surface area (Å²) in [7, 11) is 2.88. The molecule has 0 amide bonds. The van der Waals surface area contributed by atoms with Crippen LogP contribution < -0.4 is 9.47 Å². The van der Waals surface area contributed by atoms with Gasteiger partial charge in [0.15, 0.2) is 23.7 Å². The Morgan fingerprint density at radius 1 is 1.06 bits per heavy atom. The van der Waals surface area contributed by atoms with E-state index in [1.165, 1.54) is 21.1 Å². The molecule has 5 N–H and O–H groups in total. The van der Waals surface area contributed by atoms with Gasteiger partial charge in [-0.15, -0.1) is 0 Å². The lowest BCUT2D eigenvalue weighted by Crippen LogP contribution is -2.55. The third-order valence-electron chi connectivity index (χ3n) is 8.96. The zero-order valence-electron chi connectivity index (χ0n) is 29.0. The number of methoxy groups -OCH3 is 2. The second-order valence-electron chi connectivity index (χ2n) is 12.3. The van der Waals surface area contributed by atoms with Crippen molar-refractivity contribution in [3.63, 3.8) is 0 Å². The van der Waals surface area contributed by atoms with Crippen molar-refractivity contribution in [2.45, 2.75) is 89.0 Å². The van der Waals surface area contributed by atoms with Crippen molar-refractivity contribution in [2.24, 2.45) is 5.92 Å². The van der Waals surface area contributed by atoms with Gasteiger partial charge in [0.2, 0.25) is 6.79 Å². The number of allylic oxidation sites excluding steroid dienone is 1. The number of hydrogen-bond acceptors (Lipinski definition) is 14. The molecule has 0 aromatic heterocycles. The van der Waals surface area contributed by atoms with Crippen LogP contribution in [0.3, 0.4) is 0 Å². The fourth-order valence-electron chi connectivity index (χ4n) is 6.22. The van der Waals surface area contributed by atoms with Crippen molar-refractivity contribution in [2.75, 3.05) is 53.9 Å². The number of esters is 2. The standard InChI is InChI=1S/C32H47NO11.C3H6O2/c1-4-10-33-11-9-19-13-25-26(43-18-42-25)15-21(19)22(16-33)31(24(5-2)40-3)44-32(39)23(35)8-6-7-12-41-27-14-20(17-34)28(36)30(38)29(27)37;1-3(4)5-2/h5-7,13,15,20,22-23,27-31,34-38H,4,8-12,14,16-18H2,1-3H3;1-2H3/b7-6+,24-5+;. The second kappa shape index (κ2) is 19.8. The third-order valence-corrected chi connectivity index (χ3v) is 8.96. The average molecular weight is 696 g/mol. The molecule has 1 saturated carbocycles. The van der Waals surface area contributed by atoms with Crippen LogP contribution in [0.5, 0.6) is 11.5 Å². The van der Waals surface area contributed by atoms with Gasteiger partial charge in [-0.2, -0.15) is 0 Å². The normalized spacial score (nSPS) is 26.5. The van der Waals surface area contributed by atoms with E-state index in [-0.39, 0.29) is 44.7 Å². The summed E-state index contributed by atoms with van der Waals surface area (Å²) in [5.74, 6) is -0.130. The van der Waals surface area contributed by atoms with Gasteiger partial charge in [-0.1, -0.05) is 19.1 Å². The molecule has 8 atom stereocenters. The summed E-state index contributed by atoms with van der Waals surface area (Å²) < 4.78 is 32.7. The molecule has 0 radical (unpaired) electrons. The maximum atomic E-state index is 13.2. The lowest BCUT2D eigenvalue weighted by Gasteiger charge is -2.39. The molecule has 1 aromatic rings. The Balaban J connectivity index is 0.00000121. The summed E-state index contributed by atoms with van der Waals surface area (Å²) >= 11 is 0. The van der Waals surface area contributed by atoms with Crippen LogP contribution in [0, 0.1) is 5.92 Å². The minimum absolute atomic E-state index is 0.0295. The molecule has 1 aromatic carbocycles. The van der Waals surface area contributed by atoms with Gasteiger partial charge in [-0.3, -0.25) is 4.79 Å². The smallest absolute Gasteiger partial charge is 0.336 e. The Kier molecular flexibility index (Phi) is 16.3. The van der Waals surface area contributed by atoms with Crippen LogP contribution in [0.1, 0.15) is 57.1 Å². The highest BCUT2D eigenvalue weighted by molar-refractivity contribution is 5.75. The number of nitrogens with zero attached hydrogens (tertiary/aromatic N) is 1. The maximum absolute atomic E-state index is 13.2. The molecule has 14 heteroatoms. The molecule has 276 valence electrons. The third kappa shape index (κ3) is 10.9. The van der Waals surface area contributed by atoms with Crippen LogP contribution in [0.4, 0.5) is 0 Å². The highest BCUT2D eigenvalue weighted by Gasteiger charge is 2.43. The first-order chi connectivity index (χ1) is 23.5. The molecular weight excluding hydrogens is 642 g/mol. The summed E-state index contributed by atoms with van der Waals surface area (Å²) in [5, 5.41) is 50.4. The molecule has 0 spiro atoms. The van der Waals surface area contributed by atoms with E-state index in [1.807, 2.05) is 19.1 Å². The van der Waals surface area contributed by atoms with Gasteiger partial charge >= 0.3 is 11.9 Å². The first-order valence-electron chi connectivity index (χ1n) is 16.7. The van der Waals surface area contributed by atoms with E-state index in [1.54, 1.807) is 18.2 Å². The van der Waals surface area contributed by atoms with E-state index in [9.17, 15) is 35.1 Å². The predicted octanol–water partition coefficient (Wildman–Crippen LogP) is 1.20. The summed E-state index contributed by atoms with van der Waals surface area (Å²) in [6.45, 7) is 7.46. The van der Waals surface area contributed by atoms with Crippen LogP contribution in [0.25, 0.3) is 0 Å². The number of hydrogen-bond donors (Lipinski definition) is 5. The lowest BCUT2D eigenvalue weighted by molar-refractivity contribution is -0.175. The van der Waals surface area contributed by atoms with Gasteiger partial charge in [-0.25, -0.2) is 4.79 Å². The van der Waals surface area contributed by atoms with Gasteiger partial charge in [0.05, 0.1) is 33.0 Å². The number of aliphatic hydroxyl groups excluding tert-OH is 5. The molecular formula is C35H53NO13. The van der Waals surface area contributed by atoms with E-state index >= 15 is 0 Å². The average Bonchev–Trinajstić information content (AvgIpc) is 3.49. The topological polar surface area (TPSA) is 194 Å². The summed E-state index contributed by atoms with van der Waals surface area (Å²) in [5.41, 5.74) is 2.07. The van der Waals surface area contributed by atoms with Crippen molar-refractivity contribution in [1.82, 2.24) is 4.90 Å². The molecule has 49 heavy (non-hydrogen) atoms. The molecule has 0 saturated heterocycles. The highest BCUT2D eigenvalue weighted by Crippen LogP contribution is 2.41. The number of aliphatic hydroxyl groups is 5. The summed E-state index contributed by atoms with van der Waals surface area (Å²) in [6.07, 6.45) is -0.171. The Morgan fingerprint density at radius 3 is 2.37 bits per heavy atom.